The van der Waals surface area contributed by atoms with Crippen LogP contribution < -0.4 is 10.6 Å². The highest BCUT2D eigenvalue weighted by Crippen LogP contribution is 2.18. The van der Waals surface area contributed by atoms with Crippen LogP contribution in [0, 0.1) is 5.41 Å². The third-order valence-corrected chi connectivity index (χ3v) is 2.39. The van der Waals surface area contributed by atoms with Gasteiger partial charge in [-0.15, -0.1) is 0 Å². The number of anilines is 1. The molecular formula is C10H19N5O2. The van der Waals surface area contributed by atoms with Gasteiger partial charge in [0.05, 0.1) is 6.10 Å². The molecule has 1 aromatic heterocycles. The molecule has 0 bridgehead atoms. The minimum Gasteiger partial charge on any atom is -0.391 e. The molecule has 0 aromatic carbocycles. The second-order valence-corrected chi connectivity index (χ2v) is 4.92. The van der Waals surface area contributed by atoms with E-state index in [9.17, 15) is 9.90 Å². The van der Waals surface area contributed by atoms with Crippen molar-refractivity contribution in [2.75, 3.05) is 11.9 Å². The summed E-state index contributed by atoms with van der Waals surface area (Å²) in [5.74, 6) is 0.354. The Bertz CT molecular complexity index is 382. The van der Waals surface area contributed by atoms with Gasteiger partial charge in [0.15, 0.2) is 0 Å². The molecule has 7 heteroatoms. The van der Waals surface area contributed by atoms with Gasteiger partial charge in [0.25, 0.3) is 0 Å². The highest BCUT2D eigenvalue weighted by molar-refractivity contribution is 5.87. The van der Waals surface area contributed by atoms with E-state index >= 15 is 0 Å². The van der Waals surface area contributed by atoms with Gasteiger partial charge in [-0.25, -0.2) is 9.48 Å². The summed E-state index contributed by atoms with van der Waals surface area (Å²) in [5, 5.41) is 18.7. The van der Waals surface area contributed by atoms with Crippen molar-refractivity contribution in [3.05, 3.63) is 6.33 Å². The van der Waals surface area contributed by atoms with Gasteiger partial charge in [-0.3, -0.25) is 5.32 Å². The molecule has 1 rings (SSSR count). The number of urea groups is 1. The molecule has 1 aromatic rings. The Hall–Kier alpha value is -1.63. The van der Waals surface area contributed by atoms with Crippen molar-refractivity contribution in [1.82, 2.24) is 20.1 Å². The number of aliphatic hydroxyl groups excluding tert-OH is 1. The summed E-state index contributed by atoms with van der Waals surface area (Å²) in [4.78, 5) is 15.3. The molecule has 0 aliphatic rings. The van der Waals surface area contributed by atoms with E-state index in [0.717, 1.165) is 0 Å². The summed E-state index contributed by atoms with van der Waals surface area (Å²) in [7, 11) is 1.67. The fraction of sp³-hybridized carbons (Fsp3) is 0.700. The highest BCUT2D eigenvalue weighted by atomic mass is 16.3. The molecule has 0 spiro atoms. The van der Waals surface area contributed by atoms with Crippen LogP contribution >= 0.6 is 0 Å². The predicted octanol–water partition coefficient (Wildman–Crippen LogP) is 0.344. The van der Waals surface area contributed by atoms with E-state index in [1.807, 2.05) is 20.8 Å². The van der Waals surface area contributed by atoms with Crippen LogP contribution in [0.15, 0.2) is 6.33 Å². The second-order valence-electron chi connectivity index (χ2n) is 4.92. The van der Waals surface area contributed by atoms with Gasteiger partial charge in [-0.05, 0) is 5.41 Å². The average Bonchev–Trinajstić information content (AvgIpc) is 2.59. The predicted molar refractivity (Wildman–Crippen MR) is 63.5 cm³/mol. The Morgan fingerprint density at radius 2 is 2.24 bits per heavy atom. The number of rotatable bonds is 3. The van der Waals surface area contributed by atoms with E-state index in [0.29, 0.717) is 5.95 Å². The topological polar surface area (TPSA) is 92.1 Å². The van der Waals surface area contributed by atoms with E-state index in [1.54, 1.807) is 7.05 Å². The maximum absolute atomic E-state index is 11.5. The Labute approximate surface area is 100 Å². The molecule has 1 atom stereocenters. The van der Waals surface area contributed by atoms with Gasteiger partial charge in [0.1, 0.15) is 6.33 Å². The first-order chi connectivity index (χ1) is 7.80. The minimum absolute atomic E-state index is 0.188. The lowest BCUT2D eigenvalue weighted by molar-refractivity contribution is 0.0654. The molecule has 0 fully saturated rings. The van der Waals surface area contributed by atoms with Crippen molar-refractivity contribution in [3.63, 3.8) is 0 Å². The van der Waals surface area contributed by atoms with Crippen molar-refractivity contribution in [2.45, 2.75) is 26.9 Å². The fourth-order valence-corrected chi connectivity index (χ4v) is 1.05. The first kappa shape index (κ1) is 13.4. The first-order valence-corrected chi connectivity index (χ1v) is 5.37. The van der Waals surface area contributed by atoms with Gasteiger partial charge < -0.3 is 10.4 Å². The third-order valence-electron chi connectivity index (χ3n) is 2.39. The van der Waals surface area contributed by atoms with Gasteiger partial charge in [0.2, 0.25) is 5.95 Å². The summed E-state index contributed by atoms with van der Waals surface area (Å²) >= 11 is 0. The number of nitrogens with one attached hydrogen (secondary N) is 2. The highest BCUT2D eigenvalue weighted by Gasteiger charge is 2.22. The molecule has 0 aliphatic heterocycles. The van der Waals surface area contributed by atoms with Crippen molar-refractivity contribution in [2.24, 2.45) is 12.5 Å². The van der Waals surface area contributed by atoms with Crippen LogP contribution in [-0.4, -0.2) is 38.6 Å². The smallest absolute Gasteiger partial charge is 0.321 e. The van der Waals surface area contributed by atoms with Crippen LogP contribution in [0.2, 0.25) is 0 Å². The van der Waals surface area contributed by atoms with E-state index < -0.39 is 12.1 Å². The number of aliphatic hydroxyl groups is 1. The Balaban J connectivity index is 2.39. The monoisotopic (exact) mass is 241 g/mol. The quantitative estimate of drug-likeness (QED) is 0.711. The van der Waals surface area contributed by atoms with Gasteiger partial charge >= 0.3 is 6.03 Å². The lowest BCUT2D eigenvalue weighted by atomic mass is 9.89. The molecule has 7 nitrogen and oxygen atoms in total. The molecule has 0 saturated carbocycles. The van der Waals surface area contributed by atoms with Crippen molar-refractivity contribution >= 4 is 12.0 Å². The Kier molecular flexibility index (Phi) is 4.06. The lowest BCUT2D eigenvalue weighted by Gasteiger charge is -2.25. The molecule has 1 unspecified atom stereocenters. The third kappa shape index (κ3) is 4.03. The van der Waals surface area contributed by atoms with Gasteiger partial charge in [0, 0.05) is 13.6 Å². The summed E-state index contributed by atoms with van der Waals surface area (Å²) in [6, 6.07) is -0.413. The standard InChI is InChI=1S/C10H19N5O2/c1-10(2,3)7(16)5-11-9(17)14-8-12-6-13-15(8)4/h6-7,16H,5H2,1-4H3,(H2,11,12,13,14,17). The number of nitrogens with zero attached hydrogens (tertiary/aromatic N) is 3. The number of hydrogen-bond acceptors (Lipinski definition) is 4. The number of aryl methyl sites for hydroxylation is 1. The zero-order valence-electron chi connectivity index (χ0n) is 10.6. The van der Waals surface area contributed by atoms with Crippen LogP contribution in [-0.2, 0) is 7.05 Å². The Morgan fingerprint density at radius 3 is 2.71 bits per heavy atom. The maximum atomic E-state index is 11.5. The van der Waals surface area contributed by atoms with E-state index in [-0.39, 0.29) is 12.0 Å². The van der Waals surface area contributed by atoms with Gasteiger partial charge in [-0.1, -0.05) is 20.8 Å². The normalized spacial score (nSPS) is 13.2. The molecule has 0 saturated heterocycles. The molecule has 3 N–H and O–H groups in total. The largest absolute Gasteiger partial charge is 0.391 e. The van der Waals surface area contributed by atoms with Crippen LogP contribution in [0.25, 0.3) is 0 Å². The SMILES string of the molecule is Cn1ncnc1NC(=O)NCC(O)C(C)(C)C. The molecule has 1 heterocycles. The summed E-state index contributed by atoms with van der Waals surface area (Å²) in [6.07, 6.45) is 0.743. The fourth-order valence-electron chi connectivity index (χ4n) is 1.05. The summed E-state index contributed by atoms with van der Waals surface area (Å²) < 4.78 is 1.44. The van der Waals surface area contributed by atoms with E-state index in [2.05, 4.69) is 20.7 Å². The molecule has 2 amide bonds. The summed E-state index contributed by atoms with van der Waals surface area (Å²) in [6.45, 7) is 5.90. The van der Waals surface area contributed by atoms with Crippen LogP contribution in [0.1, 0.15) is 20.8 Å². The Morgan fingerprint density at radius 1 is 1.59 bits per heavy atom. The zero-order chi connectivity index (χ0) is 13.1. The number of aromatic nitrogens is 3. The molecule has 0 radical (unpaired) electrons. The van der Waals surface area contributed by atoms with Crippen molar-refractivity contribution < 1.29 is 9.90 Å². The summed E-state index contributed by atoms with van der Waals surface area (Å²) in [5.41, 5.74) is -0.266. The first-order valence-electron chi connectivity index (χ1n) is 5.37. The van der Waals surface area contributed by atoms with Crippen LogP contribution in [0.5, 0.6) is 0 Å². The molecule has 17 heavy (non-hydrogen) atoms. The van der Waals surface area contributed by atoms with Crippen LogP contribution in [0.3, 0.4) is 0 Å². The molecule has 96 valence electrons. The molecule has 0 aliphatic carbocycles. The van der Waals surface area contributed by atoms with Crippen molar-refractivity contribution in [3.8, 4) is 0 Å². The minimum atomic E-state index is -0.604. The maximum Gasteiger partial charge on any atom is 0.321 e. The average molecular weight is 241 g/mol. The number of carbonyl (C=O) groups is 1. The second kappa shape index (κ2) is 5.13. The number of amides is 2. The number of hydrogen-bond donors (Lipinski definition) is 3. The zero-order valence-corrected chi connectivity index (χ0v) is 10.6. The van der Waals surface area contributed by atoms with Gasteiger partial charge in [-0.2, -0.15) is 10.1 Å². The van der Waals surface area contributed by atoms with E-state index in [4.69, 9.17) is 0 Å². The van der Waals surface area contributed by atoms with Crippen LogP contribution in [0.4, 0.5) is 10.7 Å². The number of carbonyl (C=O) groups excluding carboxylic acids is 1. The van der Waals surface area contributed by atoms with E-state index in [1.165, 1.54) is 11.0 Å². The molecular weight excluding hydrogens is 222 g/mol. The lowest BCUT2D eigenvalue weighted by Crippen LogP contribution is -2.41. The van der Waals surface area contributed by atoms with Crippen molar-refractivity contribution in [1.29, 1.82) is 0 Å².